The maximum atomic E-state index is 14.5. The van der Waals surface area contributed by atoms with Gasteiger partial charge in [-0.2, -0.15) is 0 Å². The van der Waals surface area contributed by atoms with E-state index in [9.17, 15) is 39.9 Å². The standard InChI is InChI=1S/C46H58O20/c1-11-12-22-27-20(14-26(29(22)43(53)54)65-46-42(60-10)41(59-9)37(56-6)18(3)63-46)13-23-30(32(27)49)33(50)28-24(31(23)48)15-21(16-25(28)47)64-44-35(52)40(58-8)38(19(4)62-44)66-45-34(51)39(57-7)36(55-5)17(2)61-45/h13-19,34-42,44-47,49,51-52H,11-12H2,1-10H3,(H,53,54)/t17-,18-,19+,34+,35-,36-,37-,38+,39-,40+,41+,42+,44+,45-,46-/m1/s1. The summed E-state index contributed by atoms with van der Waals surface area (Å²) in [4.78, 5) is 41.9. The lowest BCUT2D eigenvalue weighted by Gasteiger charge is -2.47. The number of carboxylic acid groups (broad SMARTS) is 1. The van der Waals surface area contributed by atoms with Gasteiger partial charge in [-0.25, -0.2) is 4.79 Å². The highest BCUT2D eigenvalue weighted by Crippen LogP contribution is 2.46. The predicted octanol–water partition coefficient (Wildman–Crippen LogP) is 2.87. The number of phenolic OH excluding ortho intramolecular Hbond substituents is 2. The summed E-state index contributed by atoms with van der Waals surface area (Å²) in [7, 11) is 8.61. The van der Waals surface area contributed by atoms with E-state index >= 15 is 0 Å². The molecule has 3 saturated heterocycles. The fourth-order valence-corrected chi connectivity index (χ4v) is 9.77. The zero-order valence-electron chi connectivity index (χ0n) is 38.2. The van der Waals surface area contributed by atoms with Crippen LogP contribution in [0.5, 0.6) is 23.0 Å². The molecule has 0 amide bonds. The number of phenols is 2. The van der Waals surface area contributed by atoms with E-state index in [4.69, 9.17) is 56.8 Å². The molecule has 0 bridgehead atoms. The number of carbonyl (C=O) groups excluding carboxylic acids is 2. The Hall–Kier alpha value is -4.55. The number of fused-ring (bicyclic) bond motifs is 3. The van der Waals surface area contributed by atoms with Gasteiger partial charge in [-0.3, -0.25) is 9.59 Å². The number of carbonyl (C=O) groups is 3. The summed E-state index contributed by atoms with van der Waals surface area (Å²) >= 11 is 0. The third-order valence-corrected chi connectivity index (χ3v) is 12.9. The highest BCUT2D eigenvalue weighted by Gasteiger charge is 2.52. The first-order chi connectivity index (χ1) is 31.5. The molecule has 5 N–H and O–H groups in total. The lowest BCUT2D eigenvalue weighted by atomic mass is 9.80. The molecule has 3 aliphatic heterocycles. The van der Waals surface area contributed by atoms with E-state index in [1.54, 1.807) is 27.7 Å². The van der Waals surface area contributed by atoms with Crippen LogP contribution in [0.1, 0.15) is 81.9 Å². The van der Waals surface area contributed by atoms with Crippen LogP contribution in [-0.4, -0.2) is 178 Å². The Morgan fingerprint density at radius 1 is 0.621 bits per heavy atom. The maximum Gasteiger partial charge on any atom is 0.339 e. The SMILES string of the molecule is CCCc1c(C(=O)O)c(O[C@H]2O[C@H](C)[C@@H](OC)[C@H](OC)[C@@H]2OC)cc2cc3c(c(O)c12)C(=O)c1c(O)cc(O[C@@H]2O[C@@H](C)[C@H](O[C@H]4O[C@H](C)[C@@H](OC)[C@H](OC)[C@@H]4O)[C@@H](OC)[C@H]2O)cc1C3=O. The molecule has 3 aromatic carbocycles. The van der Waals surface area contributed by atoms with Crippen molar-refractivity contribution in [1.29, 1.82) is 0 Å². The smallest absolute Gasteiger partial charge is 0.339 e. The molecule has 4 aliphatic rings. The number of benzene rings is 3. The van der Waals surface area contributed by atoms with Gasteiger partial charge in [0.15, 0.2) is 12.1 Å². The van der Waals surface area contributed by atoms with Crippen LogP contribution in [0.15, 0.2) is 24.3 Å². The van der Waals surface area contributed by atoms with Gasteiger partial charge in [0.05, 0.1) is 29.4 Å². The number of aromatic hydroxyl groups is 2. The quantitative estimate of drug-likeness (QED) is 0.115. The summed E-state index contributed by atoms with van der Waals surface area (Å²) in [6, 6.07) is 4.95. The van der Waals surface area contributed by atoms with Crippen molar-refractivity contribution in [3.8, 4) is 23.0 Å². The first-order valence-corrected chi connectivity index (χ1v) is 21.5. The molecule has 362 valence electrons. The Labute approximate surface area is 380 Å². The fourth-order valence-electron chi connectivity index (χ4n) is 9.77. The average molecular weight is 931 g/mol. The molecule has 3 heterocycles. The highest BCUT2D eigenvalue weighted by atomic mass is 16.7. The normalized spacial score (nSPS) is 33.4. The molecule has 0 radical (unpaired) electrons. The van der Waals surface area contributed by atoms with Gasteiger partial charge < -0.3 is 82.4 Å². The van der Waals surface area contributed by atoms with Gasteiger partial charge in [0, 0.05) is 65.2 Å². The Balaban J connectivity index is 1.21. The minimum absolute atomic E-state index is 0.00382. The summed E-state index contributed by atoms with van der Waals surface area (Å²) < 4.78 is 70.2. The van der Waals surface area contributed by atoms with E-state index in [1.165, 1.54) is 60.9 Å². The minimum Gasteiger partial charge on any atom is -0.507 e. The summed E-state index contributed by atoms with van der Waals surface area (Å²) in [6.07, 6.45) is -13.8. The average Bonchev–Trinajstić information content (AvgIpc) is 3.27. The monoisotopic (exact) mass is 930 g/mol. The van der Waals surface area contributed by atoms with E-state index in [0.717, 1.165) is 6.07 Å². The second-order valence-corrected chi connectivity index (χ2v) is 16.7. The molecule has 0 saturated carbocycles. The molecule has 7 rings (SSSR count). The summed E-state index contributed by atoms with van der Waals surface area (Å²) in [6.45, 7) is 6.90. The number of rotatable bonds is 15. The van der Waals surface area contributed by atoms with Gasteiger partial charge in [0.1, 0.15) is 83.5 Å². The van der Waals surface area contributed by atoms with Crippen LogP contribution in [0.3, 0.4) is 0 Å². The second kappa shape index (κ2) is 20.0. The number of hydrogen-bond acceptors (Lipinski definition) is 19. The molecule has 0 unspecified atom stereocenters. The molecule has 1 aliphatic carbocycles. The lowest BCUT2D eigenvalue weighted by molar-refractivity contribution is -0.349. The van der Waals surface area contributed by atoms with Crippen molar-refractivity contribution in [2.75, 3.05) is 42.7 Å². The van der Waals surface area contributed by atoms with Crippen molar-refractivity contribution in [2.45, 2.75) is 133 Å². The topological polar surface area (TPSA) is 263 Å². The van der Waals surface area contributed by atoms with Crippen LogP contribution in [0.25, 0.3) is 10.8 Å². The van der Waals surface area contributed by atoms with Gasteiger partial charge in [0.25, 0.3) is 0 Å². The second-order valence-electron chi connectivity index (χ2n) is 16.7. The van der Waals surface area contributed by atoms with Crippen molar-refractivity contribution in [3.63, 3.8) is 0 Å². The molecular formula is C46H58O20. The molecule has 0 spiro atoms. The van der Waals surface area contributed by atoms with Crippen LogP contribution in [0, 0.1) is 0 Å². The number of hydrogen-bond donors (Lipinski definition) is 5. The summed E-state index contributed by atoms with van der Waals surface area (Å²) in [5, 5.41) is 56.7. The summed E-state index contributed by atoms with van der Waals surface area (Å²) in [5.74, 6) is -4.77. The number of aliphatic hydroxyl groups excluding tert-OH is 2. The molecule has 3 aromatic rings. The number of aliphatic hydroxyl groups is 2. The van der Waals surface area contributed by atoms with Crippen molar-refractivity contribution in [3.05, 3.63) is 57.6 Å². The molecule has 20 nitrogen and oxygen atoms in total. The minimum atomic E-state index is -1.55. The number of carboxylic acids is 1. The van der Waals surface area contributed by atoms with Gasteiger partial charge in [-0.1, -0.05) is 13.3 Å². The Bertz CT molecular complexity index is 2300. The lowest BCUT2D eigenvalue weighted by Crippen LogP contribution is -2.64. The van der Waals surface area contributed by atoms with Gasteiger partial charge in [0.2, 0.25) is 18.4 Å². The van der Waals surface area contributed by atoms with E-state index in [0.29, 0.717) is 6.42 Å². The van der Waals surface area contributed by atoms with E-state index in [2.05, 4.69) is 0 Å². The van der Waals surface area contributed by atoms with Crippen LogP contribution in [0.4, 0.5) is 0 Å². The van der Waals surface area contributed by atoms with E-state index in [-0.39, 0.29) is 50.9 Å². The number of aryl methyl sites for hydroxylation is 1. The predicted molar refractivity (Wildman–Crippen MR) is 227 cm³/mol. The van der Waals surface area contributed by atoms with Gasteiger partial charge in [-0.15, -0.1) is 0 Å². The van der Waals surface area contributed by atoms with Gasteiger partial charge in [-0.05, 0) is 56.3 Å². The van der Waals surface area contributed by atoms with Gasteiger partial charge >= 0.3 is 5.97 Å². The molecule has 15 atom stereocenters. The molecule has 0 aromatic heterocycles. The first kappa shape index (κ1) is 49.4. The Morgan fingerprint density at radius 3 is 1.74 bits per heavy atom. The number of methoxy groups -OCH3 is 6. The Morgan fingerprint density at radius 2 is 1.15 bits per heavy atom. The first-order valence-electron chi connectivity index (χ1n) is 21.5. The Kier molecular flexibility index (Phi) is 14.9. The molecule has 20 heteroatoms. The zero-order chi connectivity index (χ0) is 48.0. The third kappa shape index (κ3) is 8.51. The van der Waals surface area contributed by atoms with Crippen molar-refractivity contribution in [2.24, 2.45) is 0 Å². The zero-order valence-corrected chi connectivity index (χ0v) is 38.2. The third-order valence-electron chi connectivity index (χ3n) is 12.9. The van der Waals surface area contributed by atoms with Crippen molar-refractivity contribution >= 4 is 28.3 Å². The van der Waals surface area contributed by atoms with Crippen LogP contribution in [0.2, 0.25) is 0 Å². The van der Waals surface area contributed by atoms with Crippen LogP contribution < -0.4 is 9.47 Å². The molecule has 3 fully saturated rings. The summed E-state index contributed by atoms with van der Waals surface area (Å²) in [5.41, 5.74) is -1.59. The molecular weight excluding hydrogens is 872 g/mol. The fraction of sp³-hybridized carbons (Fsp3) is 0.587. The molecule has 66 heavy (non-hydrogen) atoms. The number of aromatic carboxylic acids is 1. The van der Waals surface area contributed by atoms with Crippen molar-refractivity contribution in [1.82, 2.24) is 0 Å². The van der Waals surface area contributed by atoms with Crippen LogP contribution >= 0.6 is 0 Å². The van der Waals surface area contributed by atoms with E-state index in [1.807, 2.05) is 0 Å². The number of ether oxygens (including phenoxy) is 12. The van der Waals surface area contributed by atoms with E-state index < -0.39 is 132 Å². The highest BCUT2D eigenvalue weighted by molar-refractivity contribution is 6.32. The largest absolute Gasteiger partial charge is 0.507 e. The number of ketones is 2. The van der Waals surface area contributed by atoms with Crippen LogP contribution in [-0.2, 0) is 53.8 Å². The maximum absolute atomic E-state index is 14.5. The van der Waals surface area contributed by atoms with Crippen molar-refractivity contribution < 1.29 is 96.8 Å².